The van der Waals surface area contributed by atoms with E-state index in [0.29, 0.717) is 12.5 Å². The lowest BCUT2D eigenvalue weighted by Gasteiger charge is -2.39. The third kappa shape index (κ3) is 3.21. The van der Waals surface area contributed by atoms with Gasteiger partial charge in [0.05, 0.1) is 5.92 Å². The van der Waals surface area contributed by atoms with Crippen molar-refractivity contribution in [3.05, 3.63) is 35.4 Å². The average molecular weight is 274 g/mol. The van der Waals surface area contributed by atoms with Gasteiger partial charge in [-0.2, -0.15) is 0 Å². The highest BCUT2D eigenvalue weighted by Crippen LogP contribution is 2.26. The molecule has 20 heavy (non-hydrogen) atoms. The van der Waals surface area contributed by atoms with Crippen LogP contribution in [0.1, 0.15) is 43.7 Å². The van der Waals surface area contributed by atoms with Crippen LogP contribution in [0.3, 0.4) is 0 Å². The van der Waals surface area contributed by atoms with Crippen molar-refractivity contribution in [2.24, 2.45) is 11.7 Å². The van der Waals surface area contributed by atoms with Gasteiger partial charge in [-0.1, -0.05) is 36.8 Å². The molecule has 2 rings (SSSR count). The second kappa shape index (κ2) is 6.40. The number of carbonyl (C=O) groups excluding carboxylic acids is 1. The van der Waals surface area contributed by atoms with E-state index < -0.39 is 0 Å². The molecule has 2 N–H and O–H groups in total. The highest BCUT2D eigenvalue weighted by molar-refractivity contribution is 5.83. The predicted molar refractivity (Wildman–Crippen MR) is 82.5 cm³/mol. The zero-order valence-corrected chi connectivity index (χ0v) is 12.8. The highest BCUT2D eigenvalue weighted by atomic mass is 16.2. The van der Waals surface area contributed by atoms with Crippen LogP contribution < -0.4 is 5.73 Å². The van der Waals surface area contributed by atoms with Gasteiger partial charge in [0.15, 0.2) is 0 Å². The lowest BCUT2D eigenvalue weighted by atomic mass is 9.90. The number of carbonyl (C=O) groups is 1. The number of rotatable bonds is 3. The number of aryl methyl sites for hydroxylation is 1. The Morgan fingerprint density at radius 1 is 1.50 bits per heavy atom. The molecular weight excluding hydrogens is 248 g/mol. The number of nitrogens with two attached hydrogens (primary N) is 1. The Morgan fingerprint density at radius 2 is 2.25 bits per heavy atom. The molecule has 0 spiro atoms. The van der Waals surface area contributed by atoms with Gasteiger partial charge >= 0.3 is 0 Å². The van der Waals surface area contributed by atoms with Gasteiger partial charge in [-0.15, -0.1) is 0 Å². The van der Waals surface area contributed by atoms with Crippen molar-refractivity contribution >= 4 is 5.91 Å². The van der Waals surface area contributed by atoms with Crippen LogP contribution in [0, 0.1) is 12.8 Å². The van der Waals surface area contributed by atoms with Crippen molar-refractivity contribution in [2.75, 3.05) is 13.1 Å². The number of hydrogen-bond donors (Lipinski definition) is 1. The summed E-state index contributed by atoms with van der Waals surface area (Å²) < 4.78 is 0. The van der Waals surface area contributed by atoms with Crippen LogP contribution in [0.4, 0.5) is 0 Å². The Kier molecular flexibility index (Phi) is 4.81. The Bertz CT molecular complexity index is 472. The molecule has 3 atom stereocenters. The molecule has 1 aliphatic rings. The maximum atomic E-state index is 12.8. The number of likely N-dealkylation sites (tertiary alicyclic amines) is 1. The van der Waals surface area contributed by atoms with E-state index in [1.807, 2.05) is 24.0 Å². The van der Waals surface area contributed by atoms with Gasteiger partial charge in [0.1, 0.15) is 0 Å². The smallest absolute Gasteiger partial charge is 0.230 e. The van der Waals surface area contributed by atoms with Gasteiger partial charge in [-0.25, -0.2) is 0 Å². The van der Waals surface area contributed by atoms with Gasteiger partial charge in [0.2, 0.25) is 5.91 Å². The minimum atomic E-state index is -0.0858. The topological polar surface area (TPSA) is 46.3 Å². The molecule has 1 aliphatic heterocycles. The lowest BCUT2D eigenvalue weighted by molar-refractivity contribution is -0.136. The van der Waals surface area contributed by atoms with E-state index in [2.05, 4.69) is 26.0 Å². The molecule has 3 heteroatoms. The summed E-state index contributed by atoms with van der Waals surface area (Å²) in [6.07, 6.45) is 2.12. The van der Waals surface area contributed by atoms with Crippen molar-refractivity contribution in [3.63, 3.8) is 0 Å². The summed E-state index contributed by atoms with van der Waals surface area (Å²) >= 11 is 0. The predicted octanol–water partition coefficient (Wildman–Crippen LogP) is 2.68. The first kappa shape index (κ1) is 15.0. The maximum Gasteiger partial charge on any atom is 0.230 e. The lowest BCUT2D eigenvalue weighted by Crippen LogP contribution is -2.50. The number of amides is 1. The van der Waals surface area contributed by atoms with Gasteiger partial charge in [-0.05, 0) is 38.2 Å². The molecule has 0 radical (unpaired) electrons. The Balaban J connectivity index is 2.13. The zero-order chi connectivity index (χ0) is 14.7. The number of hydrogen-bond acceptors (Lipinski definition) is 2. The summed E-state index contributed by atoms with van der Waals surface area (Å²) in [6, 6.07) is 8.43. The van der Waals surface area contributed by atoms with Crippen LogP contribution >= 0.6 is 0 Å². The summed E-state index contributed by atoms with van der Waals surface area (Å²) in [5, 5.41) is 0. The maximum absolute atomic E-state index is 12.8. The zero-order valence-electron chi connectivity index (χ0n) is 12.8. The largest absolute Gasteiger partial charge is 0.338 e. The Labute approximate surface area is 122 Å². The SMILES string of the molecule is Cc1cccc(C(C)C(=O)N2CCC(C)CC2CN)c1. The van der Waals surface area contributed by atoms with Gasteiger partial charge in [0, 0.05) is 19.1 Å². The first-order chi connectivity index (χ1) is 9.52. The minimum Gasteiger partial charge on any atom is -0.338 e. The van der Waals surface area contributed by atoms with Crippen molar-refractivity contribution in [1.29, 1.82) is 0 Å². The molecule has 1 saturated heterocycles. The molecule has 110 valence electrons. The Morgan fingerprint density at radius 3 is 2.90 bits per heavy atom. The second-order valence-electron chi connectivity index (χ2n) is 6.19. The van der Waals surface area contributed by atoms with Crippen LogP contribution in [0.15, 0.2) is 24.3 Å². The van der Waals surface area contributed by atoms with Crippen molar-refractivity contribution in [1.82, 2.24) is 4.90 Å². The molecule has 0 aliphatic carbocycles. The van der Waals surface area contributed by atoms with E-state index in [-0.39, 0.29) is 17.9 Å². The molecule has 0 aromatic heterocycles. The van der Waals surface area contributed by atoms with Crippen molar-refractivity contribution in [2.45, 2.75) is 45.6 Å². The Hall–Kier alpha value is -1.35. The van der Waals surface area contributed by atoms with E-state index in [4.69, 9.17) is 5.73 Å². The molecule has 1 fully saturated rings. The summed E-state index contributed by atoms with van der Waals surface area (Å²) in [7, 11) is 0. The normalized spacial score (nSPS) is 24.5. The van der Waals surface area contributed by atoms with Crippen LogP contribution in [-0.4, -0.2) is 29.9 Å². The van der Waals surface area contributed by atoms with Crippen molar-refractivity contribution < 1.29 is 4.79 Å². The number of piperidine rings is 1. The quantitative estimate of drug-likeness (QED) is 0.921. The third-order valence-electron chi connectivity index (χ3n) is 4.45. The monoisotopic (exact) mass is 274 g/mol. The fourth-order valence-electron chi connectivity index (χ4n) is 3.10. The molecule has 3 nitrogen and oxygen atoms in total. The molecule has 1 amide bonds. The van der Waals surface area contributed by atoms with Crippen LogP contribution in [0.2, 0.25) is 0 Å². The molecule has 0 bridgehead atoms. The van der Waals surface area contributed by atoms with Crippen LogP contribution in [0.5, 0.6) is 0 Å². The standard InChI is InChI=1S/C17H26N2O/c1-12-5-4-6-15(9-12)14(3)17(20)19-8-7-13(2)10-16(19)11-18/h4-6,9,13-14,16H,7-8,10-11,18H2,1-3H3. The van der Waals surface area contributed by atoms with E-state index >= 15 is 0 Å². The summed E-state index contributed by atoms with van der Waals surface area (Å²) in [5.41, 5.74) is 8.16. The number of benzene rings is 1. The summed E-state index contributed by atoms with van der Waals surface area (Å²) in [5.74, 6) is 0.803. The third-order valence-corrected chi connectivity index (χ3v) is 4.45. The van der Waals surface area contributed by atoms with Gasteiger partial charge in [0.25, 0.3) is 0 Å². The van der Waals surface area contributed by atoms with E-state index in [1.54, 1.807) is 0 Å². The highest BCUT2D eigenvalue weighted by Gasteiger charge is 2.31. The minimum absolute atomic E-state index is 0.0858. The molecule has 0 saturated carbocycles. The van der Waals surface area contributed by atoms with E-state index in [0.717, 1.165) is 24.9 Å². The van der Waals surface area contributed by atoms with Gasteiger partial charge in [-0.3, -0.25) is 4.79 Å². The van der Waals surface area contributed by atoms with E-state index in [9.17, 15) is 4.79 Å². The van der Waals surface area contributed by atoms with Crippen LogP contribution in [-0.2, 0) is 4.79 Å². The second-order valence-corrected chi connectivity index (χ2v) is 6.19. The summed E-state index contributed by atoms with van der Waals surface area (Å²) in [6.45, 7) is 7.72. The molecular formula is C17H26N2O. The van der Waals surface area contributed by atoms with Gasteiger partial charge < -0.3 is 10.6 Å². The number of nitrogens with zero attached hydrogens (tertiary/aromatic N) is 1. The molecule has 1 aromatic rings. The first-order valence-corrected chi connectivity index (χ1v) is 7.60. The average Bonchev–Trinajstić information content (AvgIpc) is 2.45. The van der Waals surface area contributed by atoms with E-state index in [1.165, 1.54) is 5.56 Å². The first-order valence-electron chi connectivity index (χ1n) is 7.60. The fourth-order valence-corrected chi connectivity index (χ4v) is 3.10. The summed E-state index contributed by atoms with van der Waals surface area (Å²) in [4.78, 5) is 14.8. The molecule has 1 heterocycles. The molecule has 1 aromatic carbocycles. The fraction of sp³-hybridized carbons (Fsp3) is 0.588. The van der Waals surface area contributed by atoms with Crippen LogP contribution in [0.25, 0.3) is 0 Å². The van der Waals surface area contributed by atoms with Crippen molar-refractivity contribution in [3.8, 4) is 0 Å². The molecule has 3 unspecified atom stereocenters.